The maximum Gasteiger partial charge on any atom is 0.262 e. The number of benzene rings is 6. The quantitative estimate of drug-likeness (QED) is 0.0796. The summed E-state index contributed by atoms with van der Waals surface area (Å²) in [6, 6.07) is 27.6. The lowest BCUT2D eigenvalue weighted by atomic mass is 9.84. The van der Waals surface area contributed by atoms with E-state index >= 15 is 0 Å². The van der Waals surface area contributed by atoms with Crippen LogP contribution >= 0.6 is 0 Å². The number of amides is 18. The Balaban J connectivity index is 0.000000140. The maximum atomic E-state index is 13.3. The molecule has 16 rings (SSSR count). The lowest BCUT2D eigenvalue weighted by Crippen LogP contribution is -2.57. The normalized spacial score (nSPS) is 21.0. The summed E-state index contributed by atoms with van der Waals surface area (Å²) in [5, 5.41) is 12.8. The van der Waals surface area contributed by atoms with E-state index in [2.05, 4.69) is 143 Å². The first-order chi connectivity index (χ1) is 57.0. The molecule has 6 aromatic carbocycles. The van der Waals surface area contributed by atoms with Crippen molar-refractivity contribution in [1.29, 1.82) is 0 Å². The van der Waals surface area contributed by atoms with Gasteiger partial charge in [0.05, 0.1) is 22.3 Å². The molecule has 0 aliphatic carbocycles. The minimum atomic E-state index is -0.965. The van der Waals surface area contributed by atoms with Crippen LogP contribution in [0.1, 0.15) is 290 Å². The summed E-state index contributed by atoms with van der Waals surface area (Å²) in [7, 11) is 0. The van der Waals surface area contributed by atoms with Gasteiger partial charge in [0.15, 0.2) is 0 Å². The van der Waals surface area contributed by atoms with Crippen LogP contribution in [0.15, 0.2) is 103 Å². The van der Waals surface area contributed by atoms with E-state index in [0.29, 0.717) is 82.2 Å². The molecule has 10 aliphatic heterocycles. The van der Waals surface area contributed by atoms with E-state index in [1.807, 2.05) is 54.6 Å². The molecule has 640 valence electrons. The summed E-state index contributed by atoms with van der Waals surface area (Å²) in [5.41, 5.74) is 11.1. The number of carbonyl (C=O) groups is 18. The van der Waals surface area contributed by atoms with E-state index in [-0.39, 0.29) is 132 Å². The van der Waals surface area contributed by atoms with Crippen molar-refractivity contribution >= 4 is 117 Å². The monoisotopic (exact) mass is 1660 g/mol. The first-order valence-electron chi connectivity index (χ1n) is 41.5. The summed E-state index contributed by atoms with van der Waals surface area (Å²) in [5.74, 6) is -7.15. The molecule has 5 atom stereocenters. The molecular formula is C94H106N10O18. The second kappa shape index (κ2) is 34.3. The van der Waals surface area contributed by atoms with Gasteiger partial charge in [-0.3, -0.25) is 128 Å². The fourth-order valence-electron chi connectivity index (χ4n) is 17.4. The highest BCUT2D eigenvalue weighted by Crippen LogP contribution is 2.40. The smallest absolute Gasteiger partial charge is 0.262 e. The molecule has 28 nitrogen and oxygen atoms in total. The lowest BCUT2D eigenvalue weighted by molar-refractivity contribution is -0.138. The van der Waals surface area contributed by atoms with E-state index in [4.69, 9.17) is 0 Å². The minimum absolute atomic E-state index is 0.0366. The van der Waals surface area contributed by atoms with E-state index in [9.17, 15) is 86.3 Å². The Morgan fingerprint density at radius 1 is 0.287 bits per heavy atom. The average molecular weight is 1660 g/mol. The summed E-state index contributed by atoms with van der Waals surface area (Å²) in [4.78, 5) is 226. The number of carbonyl (C=O) groups excluding carboxylic acids is 18. The Hall–Kier alpha value is -12.4. The number of piperidine rings is 5. The molecule has 122 heavy (non-hydrogen) atoms. The van der Waals surface area contributed by atoms with Crippen LogP contribution in [0.3, 0.4) is 0 Å². The first-order valence-corrected chi connectivity index (χ1v) is 41.5. The number of nitrogens with zero attached hydrogens (tertiary/aromatic N) is 5. The van der Waals surface area contributed by atoms with Gasteiger partial charge in [0.2, 0.25) is 59.1 Å². The molecule has 5 unspecified atom stereocenters. The van der Waals surface area contributed by atoms with Gasteiger partial charge in [0.25, 0.3) is 47.3 Å². The fraction of sp³-hybridized carbons (Fsp3) is 0.447. The van der Waals surface area contributed by atoms with Crippen LogP contribution in [0.5, 0.6) is 0 Å². The van der Waals surface area contributed by atoms with Crippen molar-refractivity contribution in [3.8, 4) is 0 Å². The molecule has 5 N–H and O–H groups in total. The van der Waals surface area contributed by atoms with E-state index < -0.39 is 83.4 Å². The van der Waals surface area contributed by atoms with Crippen molar-refractivity contribution in [2.45, 2.75) is 243 Å². The Morgan fingerprint density at radius 2 is 0.631 bits per heavy atom. The van der Waals surface area contributed by atoms with Crippen LogP contribution in [-0.2, 0) is 93.1 Å². The molecule has 18 amide bonds. The maximum absolute atomic E-state index is 13.3. The summed E-state index contributed by atoms with van der Waals surface area (Å²) >= 11 is 0. The van der Waals surface area contributed by atoms with Crippen molar-refractivity contribution in [3.63, 3.8) is 0 Å². The molecule has 0 aromatic heterocycles. The zero-order chi connectivity index (χ0) is 89.1. The molecule has 0 spiro atoms. The predicted octanol–water partition coefficient (Wildman–Crippen LogP) is 10.3. The van der Waals surface area contributed by atoms with Crippen LogP contribution in [-0.4, -0.2) is 161 Å². The van der Waals surface area contributed by atoms with Gasteiger partial charge in [-0.25, -0.2) is 0 Å². The molecule has 10 aliphatic rings. The molecule has 0 radical (unpaired) electrons. The van der Waals surface area contributed by atoms with Crippen LogP contribution in [0.4, 0.5) is 0 Å². The standard InChI is InChI=1S/C22H22N2O4.2C18H20N2O4.2C18H22N2O3/c1-22(2,3)11-12-9-13-5-4-6-14-18(13)15(10-12)21(28)24(20(14)27)16-7-8-17(25)23-19(16)26;1-18(2,3)9-10-4-5-11-12(8-10)17(24)20(16(11)23)13-6-7-14(21)19-15(13)22;1-18(2,3)9-10-5-4-6-11-14(10)17(24)20(16(11)23)12-7-8-13(21)19-15(12)22;1-18(2,3)9-11-4-5-13-12(8-11)10-20(17(13)23)14-6-7-15(21)19-16(14)22;1-18(2,3)9-11-5-4-6-12-13(11)10-20(17(12)23)14-7-8-15(21)19-16(14)22/h4-6,9-10,16H,7-8,11H2,1-3H3,(H,23,25,26);4-5,8,13H,6-7,9H2,1-3H3,(H,19,21,22);4-6,12H,7-9H2,1-3H3,(H,19,21,22);4-5,8,14H,6-7,9-10H2,1-3H3,(H,19,21,22);4-6,14H,7-10H2,1-3H3,(H,19,21,22). The van der Waals surface area contributed by atoms with Gasteiger partial charge in [0.1, 0.15) is 30.2 Å². The van der Waals surface area contributed by atoms with Crippen molar-refractivity contribution in [2.75, 3.05) is 0 Å². The Labute approximate surface area is 708 Å². The van der Waals surface area contributed by atoms with Crippen molar-refractivity contribution < 1.29 is 86.3 Å². The van der Waals surface area contributed by atoms with Gasteiger partial charge >= 0.3 is 0 Å². The second-order valence-electron chi connectivity index (χ2n) is 39.0. The van der Waals surface area contributed by atoms with Crippen LogP contribution in [0.25, 0.3) is 10.8 Å². The highest BCUT2D eigenvalue weighted by atomic mass is 16.2. The highest BCUT2D eigenvalue weighted by Gasteiger charge is 2.49. The van der Waals surface area contributed by atoms with Crippen molar-refractivity contribution in [3.05, 3.63) is 187 Å². The molecular weight excluding hydrogens is 1560 g/mol. The highest BCUT2D eigenvalue weighted by molar-refractivity contribution is 6.28. The van der Waals surface area contributed by atoms with E-state index in [0.717, 1.165) is 79.1 Å². The predicted molar refractivity (Wildman–Crippen MR) is 448 cm³/mol. The van der Waals surface area contributed by atoms with Crippen LogP contribution in [0, 0.1) is 27.1 Å². The Kier molecular flexibility index (Phi) is 25.0. The topological polar surface area (TPSA) is 384 Å². The third kappa shape index (κ3) is 19.6. The largest absolute Gasteiger partial charge is 0.322 e. The second-order valence-corrected chi connectivity index (χ2v) is 39.0. The zero-order valence-electron chi connectivity index (χ0n) is 71.8. The van der Waals surface area contributed by atoms with E-state index in [1.165, 1.54) is 5.56 Å². The Morgan fingerprint density at radius 3 is 1.10 bits per heavy atom. The van der Waals surface area contributed by atoms with Gasteiger partial charge in [0, 0.05) is 72.8 Å². The van der Waals surface area contributed by atoms with E-state index in [1.54, 1.807) is 46.2 Å². The number of rotatable bonds is 10. The molecule has 5 fully saturated rings. The van der Waals surface area contributed by atoms with Gasteiger partial charge in [-0.15, -0.1) is 0 Å². The number of nitrogens with one attached hydrogen (secondary N) is 5. The SMILES string of the molecule is CC(C)(C)Cc1cc2c3c(cccc3c1)C(=O)N(C1CCC(=O)NC1=O)C2=O.CC(C)(C)Cc1ccc2c(c1)C(=O)N(C1CCC(=O)NC1=O)C2=O.CC(C)(C)Cc1ccc2c(c1)CN(C1CCC(=O)NC1=O)C2=O.CC(C)(C)Cc1cccc2c1C(=O)N(C1CCC(=O)NC1=O)C2=O.CC(C)(C)Cc1cccc2c1CN(C1CCC(=O)NC1=O)C2=O. The molecule has 0 bridgehead atoms. The fourth-order valence-corrected chi connectivity index (χ4v) is 17.4. The molecule has 5 saturated heterocycles. The third-order valence-corrected chi connectivity index (χ3v) is 22.4. The van der Waals surface area contributed by atoms with Crippen LogP contribution in [0.2, 0.25) is 0 Å². The van der Waals surface area contributed by atoms with Gasteiger partial charge in [-0.05, 0) is 178 Å². The molecule has 0 saturated carbocycles. The average Bonchev–Trinajstić information content (AvgIpc) is 1.32. The molecule has 10 heterocycles. The summed E-state index contributed by atoms with van der Waals surface area (Å²) < 4.78 is 0. The summed E-state index contributed by atoms with van der Waals surface area (Å²) in [6.07, 6.45) is 6.24. The number of fused-ring (bicyclic) bond motifs is 4. The minimum Gasteiger partial charge on any atom is -0.322 e. The third-order valence-electron chi connectivity index (χ3n) is 22.4. The zero-order valence-corrected chi connectivity index (χ0v) is 71.8. The number of hydrogen-bond donors (Lipinski definition) is 5. The van der Waals surface area contributed by atoms with Crippen LogP contribution < -0.4 is 26.6 Å². The van der Waals surface area contributed by atoms with Gasteiger partial charge in [-0.2, -0.15) is 0 Å². The van der Waals surface area contributed by atoms with Gasteiger partial charge < -0.3 is 9.80 Å². The number of imide groups is 8. The first kappa shape index (κ1) is 88.9. The molecule has 28 heteroatoms. The number of hydrogen-bond acceptors (Lipinski definition) is 18. The molecule has 6 aromatic rings. The Bertz CT molecular complexity index is 5480. The van der Waals surface area contributed by atoms with Crippen molar-refractivity contribution in [1.82, 2.24) is 51.1 Å². The van der Waals surface area contributed by atoms with Crippen molar-refractivity contribution in [2.24, 2.45) is 27.1 Å². The lowest BCUT2D eigenvalue weighted by Gasteiger charge is -2.34. The van der Waals surface area contributed by atoms with Gasteiger partial charge in [-0.1, -0.05) is 165 Å². The summed E-state index contributed by atoms with van der Waals surface area (Å²) in [6.45, 7) is 32.8.